The fourth-order valence-electron chi connectivity index (χ4n) is 8.77. The molecule has 0 radical (unpaired) electrons. The van der Waals surface area contributed by atoms with Crippen molar-refractivity contribution in [2.75, 3.05) is 19.4 Å². The number of carboxylic acids is 3. The van der Waals surface area contributed by atoms with Crippen molar-refractivity contribution in [3.8, 4) is 5.75 Å². The molecule has 3 aromatic carbocycles. The predicted molar refractivity (Wildman–Crippen MR) is 273 cm³/mol. The van der Waals surface area contributed by atoms with Crippen molar-refractivity contribution >= 4 is 71.9 Å². The summed E-state index contributed by atoms with van der Waals surface area (Å²) < 4.78 is 5.40. The summed E-state index contributed by atoms with van der Waals surface area (Å²) in [5, 5.41) is 46.9. The standard InChI is InChI=1S/C52H67N7O14S/c1-31(60)54-39(29-44(65)66)51(71)55-37(23-25-43(63)64)49(69)59-46(45(34-17-8-4-9-18-34)35-19-10-5-11-20-35)52(72)56-36(22-24-42(61)62)48(68)57-38(28-32-14-6-3-7-15-32)50(70)58-40(30-74)47(67)53-27-26-33-16-12-13-21-41(33)73-2/h4-5,8-13,16-21,32,36-40,45-46,74H,3,6-7,14-15,22-30H2,1-2H3,(H,53,67)(H,54,60)(H,55,71)(H,56,72)(H,57,68)(H,58,70)(H,59,69)(H,61,62)(H,63,64)(H,65,66)/t36-,37-,38-,39-,40-,46-/m0/s1. The summed E-state index contributed by atoms with van der Waals surface area (Å²) in [6.07, 6.45) is 1.55. The molecule has 0 aliphatic heterocycles. The molecule has 1 aliphatic rings. The lowest BCUT2D eigenvalue weighted by Gasteiger charge is -2.32. The summed E-state index contributed by atoms with van der Waals surface area (Å²) in [6, 6.07) is 14.9. The fourth-order valence-corrected chi connectivity index (χ4v) is 9.03. The van der Waals surface area contributed by atoms with Gasteiger partial charge in [0, 0.05) is 38.0 Å². The van der Waals surface area contributed by atoms with Gasteiger partial charge in [0.05, 0.1) is 13.5 Å². The highest BCUT2D eigenvalue weighted by Crippen LogP contribution is 2.30. The maximum Gasteiger partial charge on any atom is 0.305 e. The van der Waals surface area contributed by atoms with Crippen molar-refractivity contribution in [1.29, 1.82) is 0 Å². The molecule has 0 spiro atoms. The van der Waals surface area contributed by atoms with Crippen LogP contribution in [0.1, 0.15) is 100 Å². The van der Waals surface area contributed by atoms with Gasteiger partial charge >= 0.3 is 17.9 Å². The summed E-state index contributed by atoms with van der Waals surface area (Å²) in [5.41, 5.74) is 1.79. The second kappa shape index (κ2) is 30.5. The molecule has 400 valence electrons. The Hall–Kier alpha value is -7.49. The van der Waals surface area contributed by atoms with E-state index < -0.39 is 134 Å². The van der Waals surface area contributed by atoms with Crippen LogP contribution in [0, 0.1) is 5.92 Å². The Morgan fingerprint density at radius 1 is 0.568 bits per heavy atom. The summed E-state index contributed by atoms with van der Waals surface area (Å²) in [7, 11) is 1.54. The van der Waals surface area contributed by atoms with E-state index in [0.29, 0.717) is 23.3 Å². The molecule has 0 saturated heterocycles. The minimum absolute atomic E-state index is 0.0136. The molecule has 0 heterocycles. The number of methoxy groups -OCH3 is 1. The summed E-state index contributed by atoms with van der Waals surface area (Å²) in [6.45, 7) is 1.24. The van der Waals surface area contributed by atoms with Crippen LogP contribution in [0.2, 0.25) is 0 Å². The number of benzene rings is 3. The zero-order chi connectivity index (χ0) is 54.2. The smallest absolute Gasteiger partial charge is 0.305 e. The zero-order valence-electron chi connectivity index (χ0n) is 41.4. The van der Waals surface area contributed by atoms with E-state index in [1.807, 2.05) is 18.2 Å². The number of ether oxygens (including phenoxy) is 1. The normalized spacial score (nSPS) is 14.8. The molecule has 0 aromatic heterocycles. The molecule has 1 aliphatic carbocycles. The van der Waals surface area contributed by atoms with Crippen LogP contribution >= 0.6 is 12.6 Å². The van der Waals surface area contributed by atoms with Crippen molar-refractivity contribution in [2.24, 2.45) is 5.92 Å². The molecule has 21 nitrogen and oxygen atoms in total. The predicted octanol–water partition coefficient (Wildman–Crippen LogP) is 2.22. The van der Waals surface area contributed by atoms with Gasteiger partial charge < -0.3 is 57.3 Å². The highest BCUT2D eigenvalue weighted by Gasteiger charge is 2.39. The molecular weight excluding hydrogens is 979 g/mol. The van der Waals surface area contributed by atoms with Crippen LogP contribution in [0.4, 0.5) is 0 Å². The maximum absolute atomic E-state index is 15.0. The number of carbonyl (C=O) groups excluding carboxylic acids is 7. The third-order valence-corrected chi connectivity index (χ3v) is 12.9. The number of nitrogens with one attached hydrogen (secondary N) is 7. The molecule has 4 rings (SSSR count). The number of para-hydroxylation sites is 1. The SMILES string of the molecule is COc1ccccc1CCNC(=O)[C@H](CS)NC(=O)[C@H](CC1CCCCC1)NC(=O)[C@H](CCC(=O)O)NC(=O)[C@@H](NC(=O)[C@H](CCC(=O)O)NC(=O)[C@H](CC(=O)O)NC(C)=O)C(c1ccccc1)c1ccccc1. The van der Waals surface area contributed by atoms with Gasteiger partial charge in [-0.15, -0.1) is 0 Å². The minimum Gasteiger partial charge on any atom is -0.496 e. The van der Waals surface area contributed by atoms with E-state index in [4.69, 9.17) is 4.74 Å². The number of carboxylic acid groups (broad SMARTS) is 3. The summed E-state index contributed by atoms with van der Waals surface area (Å²) in [5.74, 6) is -11.0. The van der Waals surface area contributed by atoms with Crippen molar-refractivity contribution in [1.82, 2.24) is 37.2 Å². The van der Waals surface area contributed by atoms with E-state index in [-0.39, 0.29) is 24.6 Å². The average molecular weight is 1050 g/mol. The third-order valence-electron chi connectivity index (χ3n) is 12.5. The van der Waals surface area contributed by atoms with Gasteiger partial charge in [-0.3, -0.25) is 47.9 Å². The molecule has 7 amide bonds. The van der Waals surface area contributed by atoms with Gasteiger partial charge in [0.25, 0.3) is 0 Å². The Morgan fingerprint density at radius 3 is 1.58 bits per heavy atom. The second-order valence-electron chi connectivity index (χ2n) is 18.0. The molecule has 74 heavy (non-hydrogen) atoms. The molecule has 10 N–H and O–H groups in total. The molecular formula is C52H67N7O14S. The Bertz CT molecular complexity index is 2350. The Labute approximate surface area is 434 Å². The lowest BCUT2D eigenvalue weighted by molar-refractivity contribution is -0.141. The van der Waals surface area contributed by atoms with Gasteiger partial charge in [-0.2, -0.15) is 12.6 Å². The first kappa shape index (κ1) is 59.1. The van der Waals surface area contributed by atoms with Gasteiger partial charge in [-0.05, 0) is 54.4 Å². The molecule has 6 atom stereocenters. The summed E-state index contributed by atoms with van der Waals surface area (Å²) in [4.78, 5) is 133. The van der Waals surface area contributed by atoms with Crippen molar-refractivity contribution < 1.29 is 68.0 Å². The number of carbonyl (C=O) groups is 10. The molecule has 1 saturated carbocycles. The largest absolute Gasteiger partial charge is 0.496 e. The highest BCUT2D eigenvalue weighted by atomic mass is 32.1. The Kier molecular flexibility index (Phi) is 24.4. The summed E-state index contributed by atoms with van der Waals surface area (Å²) >= 11 is 4.33. The van der Waals surface area contributed by atoms with Crippen molar-refractivity contribution in [3.05, 3.63) is 102 Å². The molecule has 22 heteroatoms. The van der Waals surface area contributed by atoms with Crippen LogP contribution in [-0.2, 0) is 54.4 Å². The van der Waals surface area contributed by atoms with E-state index in [0.717, 1.165) is 44.6 Å². The second-order valence-corrected chi connectivity index (χ2v) is 18.4. The van der Waals surface area contributed by atoms with Crippen LogP contribution in [0.15, 0.2) is 84.9 Å². The van der Waals surface area contributed by atoms with E-state index in [2.05, 4.69) is 49.8 Å². The average Bonchev–Trinajstić information content (AvgIpc) is 3.37. The first-order valence-electron chi connectivity index (χ1n) is 24.4. The van der Waals surface area contributed by atoms with Crippen LogP contribution < -0.4 is 42.0 Å². The number of hydrogen-bond acceptors (Lipinski definition) is 12. The van der Waals surface area contributed by atoms with Crippen LogP contribution in [0.25, 0.3) is 0 Å². The van der Waals surface area contributed by atoms with E-state index >= 15 is 4.79 Å². The first-order valence-corrected chi connectivity index (χ1v) is 25.1. The minimum atomic E-state index is -1.73. The number of aliphatic carboxylic acids is 3. The Balaban J connectivity index is 1.69. The van der Waals surface area contributed by atoms with E-state index in [9.17, 15) is 58.5 Å². The quantitative estimate of drug-likeness (QED) is 0.0427. The fraction of sp³-hybridized carbons (Fsp3) is 0.462. The van der Waals surface area contributed by atoms with Crippen LogP contribution in [0.3, 0.4) is 0 Å². The van der Waals surface area contributed by atoms with E-state index in [1.165, 1.54) is 7.11 Å². The number of hydrogen-bond donors (Lipinski definition) is 11. The highest BCUT2D eigenvalue weighted by molar-refractivity contribution is 7.80. The van der Waals surface area contributed by atoms with Gasteiger partial charge in [-0.1, -0.05) is 111 Å². The van der Waals surface area contributed by atoms with Crippen LogP contribution in [-0.4, -0.2) is 130 Å². The lowest BCUT2D eigenvalue weighted by atomic mass is 9.84. The van der Waals surface area contributed by atoms with Crippen LogP contribution in [0.5, 0.6) is 5.75 Å². The number of amides is 7. The topological polar surface area (TPSA) is 325 Å². The van der Waals surface area contributed by atoms with Crippen molar-refractivity contribution in [2.45, 2.75) is 126 Å². The third kappa shape index (κ3) is 19.5. The van der Waals surface area contributed by atoms with Gasteiger partial charge in [0.1, 0.15) is 42.0 Å². The van der Waals surface area contributed by atoms with E-state index in [1.54, 1.807) is 66.7 Å². The zero-order valence-corrected chi connectivity index (χ0v) is 42.3. The Morgan fingerprint density at radius 2 is 1.05 bits per heavy atom. The number of rotatable bonds is 30. The first-order chi connectivity index (χ1) is 35.4. The number of thiol groups is 1. The molecule has 0 bridgehead atoms. The van der Waals surface area contributed by atoms with Gasteiger partial charge in [-0.25, -0.2) is 0 Å². The maximum atomic E-state index is 15.0. The van der Waals surface area contributed by atoms with Gasteiger partial charge in [0.15, 0.2) is 0 Å². The van der Waals surface area contributed by atoms with Gasteiger partial charge in [0.2, 0.25) is 41.4 Å². The van der Waals surface area contributed by atoms with Crippen molar-refractivity contribution in [3.63, 3.8) is 0 Å². The lowest BCUT2D eigenvalue weighted by Crippen LogP contribution is -2.61. The monoisotopic (exact) mass is 1050 g/mol. The molecule has 0 unspecified atom stereocenters. The molecule has 1 fully saturated rings. The molecule has 3 aromatic rings.